The fraction of sp³-hybridized carbons (Fsp3) is 0.364. The Morgan fingerprint density at radius 3 is 2.54 bits per heavy atom. The zero-order chi connectivity index (χ0) is 19.7. The van der Waals surface area contributed by atoms with Crippen LogP contribution in [-0.4, -0.2) is 37.1 Å². The zero-order valence-corrected chi connectivity index (χ0v) is 16.2. The number of nitrogens with zero attached hydrogens (tertiary/aromatic N) is 2. The molecule has 28 heavy (non-hydrogen) atoms. The van der Waals surface area contributed by atoms with Gasteiger partial charge in [0.2, 0.25) is 5.91 Å². The molecule has 1 N–H and O–H groups in total. The summed E-state index contributed by atoms with van der Waals surface area (Å²) in [6, 6.07) is 15.6. The molecule has 0 saturated carbocycles. The number of carbonyl (C=O) groups excluding carboxylic acids is 2. The van der Waals surface area contributed by atoms with Crippen molar-refractivity contribution in [3.05, 3.63) is 48.5 Å². The molecule has 146 valence electrons. The second-order valence-electron chi connectivity index (χ2n) is 7.38. The van der Waals surface area contributed by atoms with E-state index in [2.05, 4.69) is 5.32 Å². The van der Waals surface area contributed by atoms with E-state index in [9.17, 15) is 9.59 Å². The highest BCUT2D eigenvalue weighted by Gasteiger charge is 2.37. The number of ether oxygens (including phenoxy) is 1. The number of nitrogens with one attached hydrogen (secondary N) is 1. The van der Waals surface area contributed by atoms with Crippen LogP contribution in [0.25, 0.3) is 0 Å². The lowest BCUT2D eigenvalue weighted by Gasteiger charge is -2.41. The van der Waals surface area contributed by atoms with Crippen LogP contribution in [0.4, 0.5) is 22.7 Å². The van der Waals surface area contributed by atoms with E-state index in [-0.39, 0.29) is 17.9 Å². The van der Waals surface area contributed by atoms with Gasteiger partial charge in [-0.15, -0.1) is 0 Å². The molecule has 6 heteroatoms. The molecule has 1 unspecified atom stereocenters. The van der Waals surface area contributed by atoms with Crippen molar-refractivity contribution in [2.45, 2.75) is 38.8 Å². The first-order valence-electron chi connectivity index (χ1n) is 9.73. The Morgan fingerprint density at radius 2 is 1.86 bits per heavy atom. The van der Waals surface area contributed by atoms with Gasteiger partial charge in [0.1, 0.15) is 6.10 Å². The summed E-state index contributed by atoms with van der Waals surface area (Å²) in [5.41, 5.74) is 3.34. The highest BCUT2D eigenvalue weighted by Crippen LogP contribution is 2.39. The Balaban J connectivity index is 1.72. The Morgan fingerprint density at radius 1 is 1.07 bits per heavy atom. The van der Waals surface area contributed by atoms with Crippen LogP contribution in [0.1, 0.15) is 26.7 Å². The first-order valence-corrected chi connectivity index (χ1v) is 9.73. The number of rotatable bonds is 3. The van der Waals surface area contributed by atoms with E-state index < -0.39 is 6.10 Å². The highest BCUT2D eigenvalue weighted by molar-refractivity contribution is 6.06. The van der Waals surface area contributed by atoms with E-state index in [1.54, 1.807) is 16.7 Å². The van der Waals surface area contributed by atoms with Crippen molar-refractivity contribution in [2.24, 2.45) is 0 Å². The number of hydrogen-bond acceptors (Lipinski definition) is 4. The molecule has 2 amide bonds. The number of para-hydroxylation sites is 1. The maximum Gasteiger partial charge on any atom is 0.256 e. The molecule has 4 rings (SSSR count). The van der Waals surface area contributed by atoms with Gasteiger partial charge in [-0.25, -0.2) is 0 Å². The zero-order valence-electron chi connectivity index (χ0n) is 16.2. The fourth-order valence-corrected chi connectivity index (χ4v) is 4.03. The van der Waals surface area contributed by atoms with E-state index in [0.717, 1.165) is 35.6 Å². The summed E-state index contributed by atoms with van der Waals surface area (Å²) in [5, 5.41) is 3.37. The van der Waals surface area contributed by atoms with E-state index in [4.69, 9.17) is 4.74 Å². The Kier molecular flexibility index (Phi) is 5.05. The second kappa shape index (κ2) is 7.64. The lowest BCUT2D eigenvalue weighted by Crippen LogP contribution is -2.53. The van der Waals surface area contributed by atoms with Gasteiger partial charge in [0.15, 0.2) is 0 Å². The van der Waals surface area contributed by atoms with Crippen LogP contribution >= 0.6 is 0 Å². The number of fused-ring (bicyclic) bond motifs is 1. The molecule has 2 atom stereocenters. The molecule has 0 aliphatic carbocycles. The van der Waals surface area contributed by atoms with E-state index in [0.29, 0.717) is 13.2 Å². The molecule has 0 spiro atoms. The predicted molar refractivity (Wildman–Crippen MR) is 110 cm³/mol. The van der Waals surface area contributed by atoms with Crippen LogP contribution in [-0.2, 0) is 14.3 Å². The molecule has 0 bridgehead atoms. The van der Waals surface area contributed by atoms with Gasteiger partial charge in [-0.2, -0.15) is 0 Å². The average molecular weight is 379 g/mol. The third kappa shape index (κ3) is 3.47. The lowest BCUT2D eigenvalue weighted by molar-refractivity contribution is -0.127. The van der Waals surface area contributed by atoms with Crippen LogP contribution in [0.3, 0.4) is 0 Å². The molecule has 2 heterocycles. The van der Waals surface area contributed by atoms with Crippen LogP contribution < -0.4 is 15.1 Å². The predicted octanol–water partition coefficient (Wildman–Crippen LogP) is 3.70. The third-order valence-electron chi connectivity index (χ3n) is 5.29. The minimum absolute atomic E-state index is 0.0225. The summed E-state index contributed by atoms with van der Waals surface area (Å²) in [7, 11) is 0. The lowest BCUT2D eigenvalue weighted by atomic mass is 10.0. The number of carbonyl (C=O) groups is 2. The molecule has 2 aromatic rings. The van der Waals surface area contributed by atoms with Gasteiger partial charge in [0.05, 0.1) is 17.4 Å². The van der Waals surface area contributed by atoms with Crippen molar-refractivity contribution in [1.82, 2.24) is 0 Å². The molecule has 0 aromatic heterocycles. The summed E-state index contributed by atoms with van der Waals surface area (Å²) in [6.07, 6.45) is 1.26. The van der Waals surface area contributed by atoms with E-state index in [1.807, 2.05) is 55.5 Å². The monoisotopic (exact) mass is 379 g/mol. The normalized spacial score (nSPS) is 21.4. The minimum Gasteiger partial charge on any atom is -0.368 e. The van der Waals surface area contributed by atoms with Gasteiger partial charge in [-0.3, -0.25) is 9.59 Å². The summed E-state index contributed by atoms with van der Waals surface area (Å²) in [6.45, 7) is 4.62. The van der Waals surface area contributed by atoms with Crippen LogP contribution in [0.2, 0.25) is 0 Å². The van der Waals surface area contributed by atoms with Crippen molar-refractivity contribution in [3.8, 4) is 0 Å². The van der Waals surface area contributed by atoms with Crippen LogP contribution in [0.5, 0.6) is 0 Å². The van der Waals surface area contributed by atoms with Crippen molar-refractivity contribution in [2.75, 3.05) is 28.3 Å². The summed E-state index contributed by atoms with van der Waals surface area (Å²) >= 11 is 0. The van der Waals surface area contributed by atoms with E-state index in [1.165, 1.54) is 0 Å². The second-order valence-corrected chi connectivity index (χ2v) is 7.38. The molecule has 2 aliphatic rings. The fourth-order valence-electron chi connectivity index (χ4n) is 4.03. The maximum atomic E-state index is 13.1. The molecule has 6 nitrogen and oxygen atoms in total. The highest BCUT2D eigenvalue weighted by atomic mass is 16.5. The first kappa shape index (κ1) is 18.5. The average Bonchev–Trinajstić information content (AvgIpc) is 3.22. The summed E-state index contributed by atoms with van der Waals surface area (Å²) < 4.78 is 5.63. The van der Waals surface area contributed by atoms with Gasteiger partial charge >= 0.3 is 0 Å². The number of benzene rings is 2. The first-order chi connectivity index (χ1) is 13.5. The quantitative estimate of drug-likeness (QED) is 0.883. The van der Waals surface area contributed by atoms with Gasteiger partial charge < -0.3 is 19.9 Å². The van der Waals surface area contributed by atoms with Crippen LogP contribution in [0.15, 0.2) is 48.5 Å². The third-order valence-corrected chi connectivity index (χ3v) is 5.29. The van der Waals surface area contributed by atoms with Gasteiger partial charge in [0, 0.05) is 31.5 Å². The molecule has 2 aromatic carbocycles. The topological polar surface area (TPSA) is 61.9 Å². The largest absolute Gasteiger partial charge is 0.368 e. The van der Waals surface area contributed by atoms with Gasteiger partial charge in [0.25, 0.3) is 5.91 Å². The van der Waals surface area contributed by atoms with Crippen molar-refractivity contribution >= 4 is 34.6 Å². The Bertz CT molecular complexity index is 878. The number of anilines is 4. The van der Waals surface area contributed by atoms with Gasteiger partial charge in [-0.1, -0.05) is 18.2 Å². The maximum absolute atomic E-state index is 13.1. The number of amides is 2. The Labute approximate surface area is 165 Å². The minimum atomic E-state index is -0.394. The molecular formula is C22H25N3O3. The molecular weight excluding hydrogens is 354 g/mol. The molecule has 0 radical (unpaired) electrons. The van der Waals surface area contributed by atoms with Gasteiger partial charge in [-0.05, 0) is 50.1 Å². The standard InChI is InChI=1S/C22H25N3O3/c1-15-14-24(22(27)21-9-6-12-28-21)20-13-18(23-17-7-4-3-5-8-17)10-11-19(20)25(15)16(2)26/h3-5,7-8,10-11,13,15,21,23H,6,9,12,14H2,1-2H3/t15-,21?/m0/s1. The summed E-state index contributed by atoms with van der Waals surface area (Å²) in [5.74, 6) is -0.0487. The van der Waals surface area contributed by atoms with Crippen molar-refractivity contribution < 1.29 is 14.3 Å². The van der Waals surface area contributed by atoms with Crippen LogP contribution in [0, 0.1) is 0 Å². The Hall–Kier alpha value is -2.86. The van der Waals surface area contributed by atoms with E-state index >= 15 is 0 Å². The number of hydrogen-bond donors (Lipinski definition) is 1. The van der Waals surface area contributed by atoms with Crippen molar-refractivity contribution in [1.29, 1.82) is 0 Å². The van der Waals surface area contributed by atoms with Crippen molar-refractivity contribution in [3.63, 3.8) is 0 Å². The molecule has 2 aliphatic heterocycles. The summed E-state index contributed by atoms with van der Waals surface area (Å²) in [4.78, 5) is 28.9. The molecule has 1 saturated heterocycles. The smallest absolute Gasteiger partial charge is 0.256 e. The molecule has 1 fully saturated rings. The SMILES string of the molecule is CC(=O)N1c2ccc(Nc3ccccc3)cc2N(C(=O)C2CCCO2)C[C@@H]1C.